The van der Waals surface area contributed by atoms with Gasteiger partial charge in [-0.1, -0.05) is 24.3 Å². The topological polar surface area (TPSA) is 81.1 Å². The van der Waals surface area contributed by atoms with Crippen molar-refractivity contribution in [2.75, 3.05) is 6.54 Å². The van der Waals surface area contributed by atoms with Crippen LogP contribution in [0.1, 0.15) is 11.1 Å². The molecule has 1 heterocycles. The first-order valence-corrected chi connectivity index (χ1v) is 4.52. The molecule has 4 nitrogen and oxygen atoms in total. The lowest BCUT2D eigenvalue weighted by Gasteiger charge is -2.15. The highest BCUT2D eigenvalue weighted by atomic mass is 16.2. The molecule has 4 heteroatoms. The summed E-state index contributed by atoms with van der Waals surface area (Å²) in [5.41, 5.74) is 11.5. The standard InChI is InChI=1S/C9H11N.CH4N2O/c1-2-4-9-7-10-6-5-8(9)3-1;2-1(3)4/h1-4,10H,5-7H2;(H4,2,3,4). The average Bonchev–Trinajstić information content (AvgIpc) is 2.17. The van der Waals surface area contributed by atoms with Crippen LogP contribution in [-0.4, -0.2) is 12.6 Å². The second-order valence-corrected chi connectivity index (χ2v) is 3.10. The van der Waals surface area contributed by atoms with Crippen LogP contribution in [0.4, 0.5) is 4.79 Å². The van der Waals surface area contributed by atoms with Crippen molar-refractivity contribution in [2.45, 2.75) is 13.0 Å². The Labute approximate surface area is 83.3 Å². The summed E-state index contributed by atoms with van der Waals surface area (Å²) in [5, 5.41) is 3.34. The van der Waals surface area contributed by atoms with Crippen molar-refractivity contribution in [2.24, 2.45) is 11.5 Å². The fourth-order valence-corrected chi connectivity index (χ4v) is 1.42. The molecule has 5 N–H and O–H groups in total. The Balaban J connectivity index is 0.000000213. The van der Waals surface area contributed by atoms with Gasteiger partial charge in [0.1, 0.15) is 0 Å². The van der Waals surface area contributed by atoms with E-state index in [1.165, 1.54) is 17.5 Å². The lowest BCUT2D eigenvalue weighted by Crippen LogP contribution is -2.23. The van der Waals surface area contributed by atoms with E-state index in [-0.39, 0.29) is 0 Å². The summed E-state index contributed by atoms with van der Waals surface area (Å²) in [5.74, 6) is 0. The smallest absolute Gasteiger partial charge is 0.309 e. The predicted molar refractivity (Wildman–Crippen MR) is 55.6 cm³/mol. The highest BCUT2D eigenvalue weighted by molar-refractivity contribution is 5.69. The number of urea groups is 1. The zero-order valence-corrected chi connectivity index (χ0v) is 7.99. The Morgan fingerprint density at radius 2 is 1.79 bits per heavy atom. The molecule has 1 aromatic carbocycles. The molecular weight excluding hydrogens is 178 g/mol. The maximum absolute atomic E-state index is 9.00. The number of fused-ring (bicyclic) bond motifs is 1. The molecule has 0 unspecified atom stereocenters. The van der Waals surface area contributed by atoms with E-state index in [1.807, 2.05) is 0 Å². The molecule has 0 atom stereocenters. The van der Waals surface area contributed by atoms with Gasteiger partial charge in [-0.25, -0.2) is 4.79 Å². The molecule has 0 fully saturated rings. The summed E-state index contributed by atoms with van der Waals surface area (Å²) >= 11 is 0. The minimum atomic E-state index is -0.833. The van der Waals surface area contributed by atoms with Gasteiger partial charge in [-0.15, -0.1) is 0 Å². The fourth-order valence-electron chi connectivity index (χ4n) is 1.42. The quantitative estimate of drug-likeness (QED) is 0.556. The van der Waals surface area contributed by atoms with E-state index < -0.39 is 6.03 Å². The van der Waals surface area contributed by atoms with Crippen LogP contribution in [0, 0.1) is 0 Å². The summed E-state index contributed by atoms with van der Waals surface area (Å²) in [6, 6.07) is 7.80. The number of nitrogens with two attached hydrogens (primary N) is 2. The zero-order chi connectivity index (χ0) is 10.4. The Bertz CT molecular complexity index is 283. The molecule has 1 aliphatic heterocycles. The molecule has 2 amide bonds. The third-order valence-corrected chi connectivity index (χ3v) is 2.00. The van der Waals surface area contributed by atoms with Gasteiger partial charge in [-0.3, -0.25) is 0 Å². The van der Waals surface area contributed by atoms with Gasteiger partial charge >= 0.3 is 6.03 Å². The lowest BCUT2D eigenvalue weighted by molar-refractivity contribution is 0.256. The third kappa shape index (κ3) is 3.45. The number of benzene rings is 1. The van der Waals surface area contributed by atoms with E-state index in [9.17, 15) is 0 Å². The number of hydrogen-bond acceptors (Lipinski definition) is 2. The molecule has 1 aliphatic rings. The van der Waals surface area contributed by atoms with Crippen LogP contribution in [-0.2, 0) is 13.0 Å². The monoisotopic (exact) mass is 193 g/mol. The van der Waals surface area contributed by atoms with Crippen LogP contribution in [0.3, 0.4) is 0 Å². The van der Waals surface area contributed by atoms with Crippen LogP contribution in [0.15, 0.2) is 24.3 Å². The SMILES string of the molecule is NC(N)=O.c1ccc2c(c1)CCNC2. The normalized spacial score (nSPS) is 13.4. The maximum Gasteiger partial charge on any atom is 0.309 e. The molecule has 0 saturated heterocycles. The number of hydrogen-bond donors (Lipinski definition) is 3. The fraction of sp³-hybridized carbons (Fsp3) is 0.300. The van der Waals surface area contributed by atoms with Crippen molar-refractivity contribution >= 4 is 6.03 Å². The van der Waals surface area contributed by atoms with Gasteiger partial charge in [0, 0.05) is 6.54 Å². The molecule has 0 bridgehead atoms. The van der Waals surface area contributed by atoms with E-state index in [0.29, 0.717) is 0 Å². The molecule has 0 aromatic heterocycles. The van der Waals surface area contributed by atoms with E-state index in [2.05, 4.69) is 41.0 Å². The largest absolute Gasteiger partial charge is 0.352 e. The first-order valence-electron chi connectivity index (χ1n) is 4.52. The molecule has 2 rings (SSSR count). The van der Waals surface area contributed by atoms with Crippen LogP contribution >= 0.6 is 0 Å². The summed E-state index contributed by atoms with van der Waals surface area (Å²) in [6.07, 6.45) is 1.19. The molecule has 0 spiro atoms. The Morgan fingerprint density at radius 1 is 1.21 bits per heavy atom. The average molecular weight is 193 g/mol. The van der Waals surface area contributed by atoms with Crippen molar-refractivity contribution in [3.8, 4) is 0 Å². The molecule has 0 saturated carbocycles. The van der Waals surface area contributed by atoms with Crippen molar-refractivity contribution in [3.05, 3.63) is 35.4 Å². The molecule has 0 aliphatic carbocycles. The van der Waals surface area contributed by atoms with E-state index in [4.69, 9.17) is 4.79 Å². The molecule has 1 aromatic rings. The lowest BCUT2D eigenvalue weighted by atomic mass is 10.0. The highest BCUT2D eigenvalue weighted by Crippen LogP contribution is 2.11. The minimum absolute atomic E-state index is 0.833. The van der Waals surface area contributed by atoms with Crippen molar-refractivity contribution < 1.29 is 4.79 Å². The minimum Gasteiger partial charge on any atom is -0.352 e. The number of carbonyl (C=O) groups is 1. The first kappa shape index (κ1) is 10.5. The van der Waals surface area contributed by atoms with Crippen molar-refractivity contribution in [1.82, 2.24) is 5.32 Å². The maximum atomic E-state index is 9.00. The predicted octanol–water partition coefficient (Wildman–Crippen LogP) is 0.356. The Morgan fingerprint density at radius 3 is 2.36 bits per heavy atom. The van der Waals surface area contributed by atoms with E-state index in [0.717, 1.165) is 13.1 Å². The van der Waals surface area contributed by atoms with Crippen molar-refractivity contribution in [1.29, 1.82) is 0 Å². The third-order valence-electron chi connectivity index (χ3n) is 2.00. The van der Waals surface area contributed by atoms with Crippen LogP contribution < -0.4 is 16.8 Å². The molecule has 76 valence electrons. The molecule has 0 radical (unpaired) electrons. The van der Waals surface area contributed by atoms with Crippen LogP contribution in [0.5, 0.6) is 0 Å². The number of nitrogens with one attached hydrogen (secondary N) is 1. The Hall–Kier alpha value is -1.55. The van der Waals surface area contributed by atoms with E-state index in [1.54, 1.807) is 0 Å². The second kappa shape index (κ2) is 5.24. The summed E-state index contributed by atoms with van der Waals surface area (Å²) in [6.45, 7) is 2.19. The van der Waals surface area contributed by atoms with Gasteiger partial charge in [-0.2, -0.15) is 0 Å². The number of carbonyl (C=O) groups excluding carboxylic acids is 1. The van der Waals surface area contributed by atoms with Gasteiger partial charge in [0.25, 0.3) is 0 Å². The summed E-state index contributed by atoms with van der Waals surface area (Å²) < 4.78 is 0. The summed E-state index contributed by atoms with van der Waals surface area (Å²) in [7, 11) is 0. The van der Waals surface area contributed by atoms with Crippen molar-refractivity contribution in [3.63, 3.8) is 0 Å². The van der Waals surface area contributed by atoms with E-state index >= 15 is 0 Å². The van der Waals surface area contributed by atoms with Gasteiger partial charge < -0.3 is 16.8 Å². The summed E-state index contributed by atoms with van der Waals surface area (Å²) in [4.78, 5) is 9.00. The molecule has 14 heavy (non-hydrogen) atoms. The van der Waals surface area contributed by atoms with Gasteiger partial charge in [0.2, 0.25) is 0 Å². The second-order valence-electron chi connectivity index (χ2n) is 3.10. The highest BCUT2D eigenvalue weighted by Gasteiger charge is 2.05. The number of primary amides is 2. The van der Waals surface area contributed by atoms with Crippen LogP contribution in [0.2, 0.25) is 0 Å². The van der Waals surface area contributed by atoms with Crippen LogP contribution in [0.25, 0.3) is 0 Å². The number of rotatable bonds is 0. The first-order chi connectivity index (χ1) is 6.70. The van der Waals surface area contributed by atoms with Gasteiger partial charge in [0.15, 0.2) is 0 Å². The molecular formula is C10H15N3O. The number of amides is 2. The van der Waals surface area contributed by atoms with Gasteiger partial charge in [-0.05, 0) is 24.1 Å². The van der Waals surface area contributed by atoms with Gasteiger partial charge in [0.05, 0.1) is 0 Å². The zero-order valence-electron chi connectivity index (χ0n) is 7.99. The Kier molecular flexibility index (Phi) is 3.94.